The average Bonchev–Trinajstić information content (AvgIpc) is 3.08. The number of aromatic nitrogens is 4. The summed E-state index contributed by atoms with van der Waals surface area (Å²) in [6.45, 7) is 4.40. The summed E-state index contributed by atoms with van der Waals surface area (Å²) < 4.78 is 2.57. The van der Waals surface area contributed by atoms with E-state index in [0.717, 1.165) is 0 Å². The molecule has 2 heterocycles. The largest absolute Gasteiger partial charge is 0.476 e. The minimum absolute atomic E-state index is 0.104. The topological polar surface area (TPSA) is 131 Å². The van der Waals surface area contributed by atoms with E-state index in [1.807, 2.05) is 13.8 Å². The number of rotatable bonds is 6. The molecule has 0 saturated heterocycles. The highest BCUT2D eigenvalue weighted by Crippen LogP contribution is 2.17. The molecule has 25 heavy (non-hydrogen) atoms. The van der Waals surface area contributed by atoms with Gasteiger partial charge in [-0.1, -0.05) is 13.8 Å². The third kappa shape index (κ3) is 4.03. The minimum Gasteiger partial charge on any atom is -0.476 e. The molecule has 0 atom stereocenters. The molecule has 0 radical (unpaired) electrons. The maximum atomic E-state index is 12.4. The number of carbonyl (C=O) groups excluding carboxylic acids is 2. The molecule has 0 bridgehead atoms. The molecule has 0 aliphatic carbocycles. The number of carboxylic acids is 1. The van der Waals surface area contributed by atoms with Gasteiger partial charge in [-0.05, 0) is 5.92 Å². The predicted molar refractivity (Wildman–Crippen MR) is 88.5 cm³/mol. The van der Waals surface area contributed by atoms with Gasteiger partial charge < -0.3 is 15.7 Å². The molecule has 0 aliphatic rings. The van der Waals surface area contributed by atoms with Gasteiger partial charge in [0.25, 0.3) is 11.8 Å². The van der Waals surface area contributed by atoms with Crippen molar-refractivity contribution in [1.29, 1.82) is 0 Å². The van der Waals surface area contributed by atoms with Crippen molar-refractivity contribution in [3.8, 4) is 0 Å². The fourth-order valence-electron chi connectivity index (χ4n) is 2.18. The van der Waals surface area contributed by atoms with Crippen molar-refractivity contribution in [3.63, 3.8) is 0 Å². The summed E-state index contributed by atoms with van der Waals surface area (Å²) in [6.07, 6.45) is 2.63. The lowest BCUT2D eigenvalue weighted by Crippen LogP contribution is -2.30. The van der Waals surface area contributed by atoms with E-state index in [-0.39, 0.29) is 34.5 Å². The van der Waals surface area contributed by atoms with Gasteiger partial charge in [-0.25, -0.2) is 4.79 Å². The van der Waals surface area contributed by atoms with Gasteiger partial charge in [-0.2, -0.15) is 10.2 Å². The lowest BCUT2D eigenvalue weighted by molar-refractivity contribution is 0.0685. The highest BCUT2D eigenvalue weighted by Gasteiger charge is 2.24. The van der Waals surface area contributed by atoms with Crippen LogP contribution in [0.25, 0.3) is 0 Å². The highest BCUT2D eigenvalue weighted by molar-refractivity contribution is 6.12. The van der Waals surface area contributed by atoms with Gasteiger partial charge in [-0.15, -0.1) is 0 Å². The average molecular weight is 348 g/mol. The minimum atomic E-state index is -1.31. The first-order chi connectivity index (χ1) is 11.7. The van der Waals surface area contributed by atoms with E-state index in [1.54, 1.807) is 7.05 Å². The van der Waals surface area contributed by atoms with Gasteiger partial charge in [-0.3, -0.25) is 19.0 Å². The molecule has 10 nitrogen and oxygen atoms in total. The molecule has 2 rings (SSSR count). The Hall–Kier alpha value is -3.17. The Labute approximate surface area is 143 Å². The monoisotopic (exact) mass is 348 g/mol. The van der Waals surface area contributed by atoms with Gasteiger partial charge in [0.05, 0.1) is 17.4 Å². The van der Waals surface area contributed by atoms with Crippen LogP contribution in [0.1, 0.15) is 45.2 Å². The number of hydrogen-bond donors (Lipinski definition) is 3. The summed E-state index contributed by atoms with van der Waals surface area (Å²) in [4.78, 5) is 35.9. The molecule has 2 amide bonds. The zero-order valence-electron chi connectivity index (χ0n) is 14.4. The maximum Gasteiger partial charge on any atom is 0.357 e. The second-order valence-corrected chi connectivity index (χ2v) is 5.96. The third-order valence-electron chi connectivity index (χ3n) is 3.35. The van der Waals surface area contributed by atoms with Crippen molar-refractivity contribution in [2.45, 2.75) is 13.8 Å². The molecule has 2 aromatic heterocycles. The molecule has 134 valence electrons. The molecule has 0 spiro atoms. The van der Waals surface area contributed by atoms with Crippen LogP contribution in [0.15, 0.2) is 12.4 Å². The highest BCUT2D eigenvalue weighted by atomic mass is 16.4. The molecule has 0 unspecified atom stereocenters. The van der Waals surface area contributed by atoms with Gasteiger partial charge in [0.2, 0.25) is 0 Å². The Morgan fingerprint density at radius 1 is 1.24 bits per heavy atom. The molecular formula is C15H20N6O4. The van der Waals surface area contributed by atoms with Crippen molar-refractivity contribution in [2.24, 2.45) is 20.0 Å². The van der Waals surface area contributed by atoms with E-state index >= 15 is 0 Å². The van der Waals surface area contributed by atoms with E-state index in [9.17, 15) is 14.4 Å². The standard InChI is InChI=1S/C15H20N6O4/c1-8(2)5-16-14(23)12-10(6-17-21(12)4)18-13(22)9-7-20(3)19-11(9)15(24)25/h6-8H,5H2,1-4H3,(H,16,23)(H,18,22)(H,24,25). The molecule has 2 aromatic rings. The summed E-state index contributed by atoms with van der Waals surface area (Å²) in [5, 5.41) is 22.1. The van der Waals surface area contributed by atoms with Crippen LogP contribution in [0.4, 0.5) is 5.69 Å². The van der Waals surface area contributed by atoms with E-state index in [4.69, 9.17) is 5.11 Å². The van der Waals surface area contributed by atoms with Crippen LogP contribution in [0, 0.1) is 5.92 Å². The molecule has 0 aromatic carbocycles. The molecule has 10 heteroatoms. The number of amides is 2. The SMILES string of the molecule is CC(C)CNC(=O)c1c(NC(=O)c2cn(C)nc2C(=O)O)cnn1C. The van der Waals surface area contributed by atoms with Crippen molar-refractivity contribution in [3.05, 3.63) is 29.3 Å². The zero-order chi connectivity index (χ0) is 18.7. The van der Waals surface area contributed by atoms with Crippen LogP contribution < -0.4 is 10.6 Å². The molecule has 0 aliphatic heterocycles. The Morgan fingerprint density at radius 2 is 1.92 bits per heavy atom. The van der Waals surface area contributed by atoms with Crippen LogP contribution in [0.2, 0.25) is 0 Å². The second-order valence-electron chi connectivity index (χ2n) is 5.96. The van der Waals surface area contributed by atoms with Crippen molar-refractivity contribution in [2.75, 3.05) is 11.9 Å². The summed E-state index contributed by atoms with van der Waals surface area (Å²) in [5.74, 6) is -2.11. The van der Waals surface area contributed by atoms with E-state index in [2.05, 4.69) is 20.8 Å². The summed E-state index contributed by atoms with van der Waals surface area (Å²) in [6, 6.07) is 0. The third-order valence-corrected chi connectivity index (χ3v) is 3.35. The Bertz CT molecular complexity index is 820. The van der Waals surface area contributed by atoms with Crippen molar-refractivity contribution >= 4 is 23.5 Å². The lowest BCUT2D eigenvalue weighted by atomic mass is 10.2. The normalized spacial score (nSPS) is 10.8. The van der Waals surface area contributed by atoms with Crippen LogP contribution in [-0.2, 0) is 14.1 Å². The molecular weight excluding hydrogens is 328 g/mol. The smallest absolute Gasteiger partial charge is 0.357 e. The first-order valence-corrected chi connectivity index (χ1v) is 7.59. The fraction of sp³-hybridized carbons (Fsp3) is 0.400. The van der Waals surface area contributed by atoms with Crippen molar-refractivity contribution in [1.82, 2.24) is 24.9 Å². The summed E-state index contributed by atoms with van der Waals surface area (Å²) in [7, 11) is 3.09. The fourth-order valence-corrected chi connectivity index (χ4v) is 2.18. The van der Waals surface area contributed by atoms with Gasteiger partial charge in [0, 0.05) is 26.8 Å². The number of carboxylic acid groups (broad SMARTS) is 1. The number of anilines is 1. The van der Waals surface area contributed by atoms with Crippen LogP contribution in [0.5, 0.6) is 0 Å². The summed E-state index contributed by atoms with van der Waals surface area (Å²) in [5.41, 5.74) is -0.106. The van der Waals surface area contributed by atoms with Gasteiger partial charge in [0.15, 0.2) is 5.69 Å². The Balaban J connectivity index is 2.25. The molecule has 0 saturated carbocycles. The second kappa shape index (κ2) is 7.16. The Morgan fingerprint density at radius 3 is 2.52 bits per heavy atom. The van der Waals surface area contributed by atoms with Gasteiger partial charge >= 0.3 is 5.97 Å². The zero-order valence-corrected chi connectivity index (χ0v) is 14.4. The maximum absolute atomic E-state index is 12.4. The summed E-state index contributed by atoms with van der Waals surface area (Å²) >= 11 is 0. The predicted octanol–water partition coefficient (Wildman–Crippen LogP) is 0.490. The number of nitrogens with one attached hydrogen (secondary N) is 2. The number of hydrogen-bond acceptors (Lipinski definition) is 5. The van der Waals surface area contributed by atoms with E-state index in [0.29, 0.717) is 6.54 Å². The first kappa shape index (κ1) is 18.2. The van der Waals surface area contributed by atoms with E-state index < -0.39 is 11.9 Å². The van der Waals surface area contributed by atoms with Crippen molar-refractivity contribution < 1.29 is 19.5 Å². The van der Waals surface area contributed by atoms with Crippen LogP contribution in [0.3, 0.4) is 0 Å². The number of nitrogens with zero attached hydrogens (tertiary/aromatic N) is 4. The lowest BCUT2D eigenvalue weighted by Gasteiger charge is -2.10. The molecule has 0 fully saturated rings. The van der Waals surface area contributed by atoms with Gasteiger partial charge in [0.1, 0.15) is 5.69 Å². The van der Waals surface area contributed by atoms with Crippen LogP contribution in [-0.4, -0.2) is 49.0 Å². The quantitative estimate of drug-likeness (QED) is 0.696. The van der Waals surface area contributed by atoms with E-state index in [1.165, 1.54) is 28.8 Å². The Kier molecular flexibility index (Phi) is 5.20. The number of carbonyl (C=O) groups is 3. The van der Waals surface area contributed by atoms with Crippen LogP contribution >= 0.6 is 0 Å². The molecule has 3 N–H and O–H groups in total. The first-order valence-electron chi connectivity index (χ1n) is 7.59. The number of aryl methyl sites for hydroxylation is 2. The number of aromatic carboxylic acids is 1.